The van der Waals surface area contributed by atoms with E-state index in [9.17, 15) is 4.79 Å². The summed E-state index contributed by atoms with van der Waals surface area (Å²) >= 11 is 6.60. The van der Waals surface area contributed by atoms with Crippen molar-refractivity contribution in [2.45, 2.75) is 49.7 Å². The summed E-state index contributed by atoms with van der Waals surface area (Å²) in [6.45, 7) is 7.61. The fraction of sp³-hybridized carbons (Fsp3) is 0.394. The van der Waals surface area contributed by atoms with Gasteiger partial charge in [0.05, 0.1) is 23.0 Å². The van der Waals surface area contributed by atoms with E-state index < -0.39 is 5.82 Å². The third kappa shape index (κ3) is 4.19. The van der Waals surface area contributed by atoms with Gasteiger partial charge in [0.1, 0.15) is 23.9 Å². The van der Waals surface area contributed by atoms with Crippen LogP contribution in [0.4, 0.5) is 10.2 Å². The molecule has 4 aliphatic rings. The number of benzene rings is 2. The first kappa shape index (κ1) is 26.8. The monoisotopic (exact) mass is 598 g/mol. The number of amides is 1. The number of rotatable bonds is 6. The van der Waals surface area contributed by atoms with Gasteiger partial charge in [0.25, 0.3) is 0 Å². The molecule has 43 heavy (non-hydrogen) atoms. The lowest BCUT2D eigenvalue weighted by Gasteiger charge is -2.47. The van der Waals surface area contributed by atoms with Crippen LogP contribution in [0.3, 0.4) is 0 Å². The maximum atomic E-state index is 16.0. The molecule has 6 heterocycles. The first-order valence-corrected chi connectivity index (χ1v) is 15.5. The maximum absolute atomic E-state index is 16.0. The number of hydrogen-bond donors (Lipinski definition) is 0. The number of likely N-dealkylation sites (tertiary alicyclic amines) is 1. The minimum absolute atomic E-state index is 0.0262. The van der Waals surface area contributed by atoms with Gasteiger partial charge in [0.2, 0.25) is 5.91 Å². The predicted octanol–water partition coefficient (Wildman–Crippen LogP) is 5.62. The quantitative estimate of drug-likeness (QED) is 0.267. The van der Waals surface area contributed by atoms with Gasteiger partial charge in [-0.25, -0.2) is 9.37 Å². The molecule has 0 aliphatic carbocycles. The summed E-state index contributed by atoms with van der Waals surface area (Å²) in [5.41, 5.74) is 1.18. The van der Waals surface area contributed by atoms with Crippen molar-refractivity contribution >= 4 is 45.1 Å². The fourth-order valence-electron chi connectivity index (χ4n) is 7.87. The van der Waals surface area contributed by atoms with Crippen LogP contribution < -0.4 is 9.64 Å². The van der Waals surface area contributed by atoms with Crippen LogP contribution in [0.25, 0.3) is 33.1 Å². The van der Waals surface area contributed by atoms with Crippen molar-refractivity contribution in [3.63, 3.8) is 0 Å². The molecule has 2 atom stereocenters. The Kier molecular flexibility index (Phi) is 6.31. The van der Waals surface area contributed by atoms with Crippen molar-refractivity contribution in [1.82, 2.24) is 24.8 Å². The van der Waals surface area contributed by atoms with Crippen molar-refractivity contribution in [2.24, 2.45) is 0 Å². The first-order valence-electron chi connectivity index (χ1n) is 15.1. The van der Waals surface area contributed by atoms with E-state index in [1.165, 1.54) is 25.0 Å². The van der Waals surface area contributed by atoms with Gasteiger partial charge >= 0.3 is 6.01 Å². The van der Waals surface area contributed by atoms with Crippen molar-refractivity contribution < 1.29 is 13.9 Å². The van der Waals surface area contributed by atoms with E-state index in [2.05, 4.69) is 16.4 Å². The second-order valence-electron chi connectivity index (χ2n) is 12.2. The van der Waals surface area contributed by atoms with Crippen molar-refractivity contribution in [1.29, 1.82) is 0 Å². The van der Waals surface area contributed by atoms with E-state index in [4.69, 9.17) is 31.3 Å². The molecule has 8 rings (SSSR count). The number of ether oxygens (including phenoxy) is 1. The smallest absolute Gasteiger partial charge is 0.320 e. The molecule has 4 aromatic rings. The minimum Gasteiger partial charge on any atom is -0.461 e. The topological polar surface area (TPSA) is 74.7 Å². The minimum atomic E-state index is -0.475. The highest BCUT2D eigenvalue weighted by Crippen LogP contribution is 2.42. The van der Waals surface area contributed by atoms with Crippen molar-refractivity contribution in [2.75, 3.05) is 37.7 Å². The molecule has 8 nitrogen and oxygen atoms in total. The molecule has 4 saturated heterocycles. The average molecular weight is 599 g/mol. The molecule has 0 spiro atoms. The Bertz CT molecular complexity index is 1780. The molecule has 0 unspecified atom stereocenters. The molecule has 0 radical (unpaired) electrons. The zero-order valence-corrected chi connectivity index (χ0v) is 24.6. The van der Waals surface area contributed by atoms with Crippen molar-refractivity contribution in [3.05, 3.63) is 66.0 Å². The molecule has 2 aromatic heterocycles. The van der Waals surface area contributed by atoms with Gasteiger partial charge in [-0.1, -0.05) is 48.5 Å². The second kappa shape index (κ2) is 10.1. The third-order valence-electron chi connectivity index (χ3n) is 10.0. The summed E-state index contributed by atoms with van der Waals surface area (Å²) in [4.78, 5) is 33.4. The predicted molar refractivity (Wildman–Crippen MR) is 165 cm³/mol. The lowest BCUT2D eigenvalue weighted by atomic mass is 9.95. The number of aromatic nitrogens is 3. The molecule has 2 aromatic carbocycles. The number of anilines is 1. The van der Waals surface area contributed by atoms with E-state index in [1.54, 1.807) is 6.07 Å². The second-order valence-corrected chi connectivity index (χ2v) is 12.6. The number of hydrogen-bond acceptors (Lipinski definition) is 7. The highest BCUT2D eigenvalue weighted by Gasteiger charge is 2.49. The SMILES string of the molecule is C=CC(=O)N1CC[C@@H]2[C@H]1CN2c1nc(OCC23CCCN2CCC3)nc2nc(-c3cccc4cccc(Cl)c34)c(F)cc12. The standard InChI is InChI=1S/C33H32ClFN6O2/c1-2-27(42)40-16-11-25-26(40)18-41(25)31-22-17-24(35)29(21-9-3-7-20-8-4-10-23(34)28(20)21)36-30(22)37-32(38-31)43-19-33-12-5-14-39(33)15-6-13-33/h2-4,7-10,17,25-26H,1,5-6,11-16,18-19H2/t25-,26-/m1/s1. The molecule has 220 valence electrons. The van der Waals surface area contributed by atoms with Crippen LogP contribution in [-0.2, 0) is 4.79 Å². The largest absolute Gasteiger partial charge is 0.461 e. The Labute approximate surface area is 254 Å². The molecular weight excluding hydrogens is 567 g/mol. The van der Waals surface area contributed by atoms with E-state index in [0.717, 1.165) is 43.1 Å². The fourth-order valence-corrected chi connectivity index (χ4v) is 8.16. The van der Waals surface area contributed by atoms with E-state index >= 15 is 4.39 Å². The number of nitrogens with zero attached hydrogens (tertiary/aromatic N) is 6. The first-order chi connectivity index (χ1) is 21.0. The van der Waals surface area contributed by atoms with Crippen LogP contribution in [0, 0.1) is 5.82 Å². The van der Waals surface area contributed by atoms with Gasteiger partial charge in [-0.15, -0.1) is 0 Å². The van der Waals surface area contributed by atoms with Gasteiger partial charge in [-0.3, -0.25) is 9.69 Å². The summed E-state index contributed by atoms with van der Waals surface area (Å²) in [7, 11) is 0. The average Bonchev–Trinajstić information content (AvgIpc) is 3.68. The Morgan fingerprint density at radius 2 is 1.88 bits per heavy atom. The summed E-state index contributed by atoms with van der Waals surface area (Å²) in [5.74, 6) is 0.0545. The Morgan fingerprint density at radius 3 is 2.67 bits per heavy atom. The van der Waals surface area contributed by atoms with Crippen LogP contribution in [0.5, 0.6) is 6.01 Å². The van der Waals surface area contributed by atoms with Crippen LogP contribution in [-0.4, -0.2) is 81.1 Å². The Hall–Kier alpha value is -3.82. The molecule has 1 amide bonds. The van der Waals surface area contributed by atoms with Gasteiger partial charge < -0.3 is 14.5 Å². The normalized spacial score (nSPS) is 22.6. The Balaban J connectivity index is 1.22. The van der Waals surface area contributed by atoms with Crippen molar-refractivity contribution in [3.8, 4) is 17.3 Å². The lowest BCUT2D eigenvalue weighted by molar-refractivity contribution is -0.127. The molecule has 0 N–H and O–H groups in total. The highest BCUT2D eigenvalue weighted by atomic mass is 35.5. The maximum Gasteiger partial charge on any atom is 0.320 e. The molecule has 4 fully saturated rings. The number of carbonyl (C=O) groups is 1. The van der Waals surface area contributed by atoms with Gasteiger partial charge in [-0.2, -0.15) is 9.97 Å². The van der Waals surface area contributed by atoms with E-state index in [1.807, 2.05) is 35.2 Å². The van der Waals surface area contributed by atoms with E-state index in [-0.39, 0.29) is 35.2 Å². The molecule has 10 heteroatoms. The van der Waals surface area contributed by atoms with Crippen LogP contribution in [0.1, 0.15) is 32.1 Å². The van der Waals surface area contributed by atoms with Gasteiger partial charge in [0, 0.05) is 29.1 Å². The van der Waals surface area contributed by atoms with Crippen LogP contribution in [0.15, 0.2) is 55.1 Å². The van der Waals surface area contributed by atoms with Crippen LogP contribution >= 0.6 is 11.6 Å². The third-order valence-corrected chi connectivity index (χ3v) is 10.3. The summed E-state index contributed by atoms with van der Waals surface area (Å²) in [6, 6.07) is 13.2. The molecule has 0 saturated carbocycles. The Morgan fingerprint density at radius 1 is 1.09 bits per heavy atom. The zero-order valence-electron chi connectivity index (χ0n) is 23.8. The highest BCUT2D eigenvalue weighted by molar-refractivity contribution is 6.36. The zero-order chi connectivity index (χ0) is 29.3. The number of fused-ring (bicyclic) bond motifs is 4. The summed E-state index contributed by atoms with van der Waals surface area (Å²) in [6.07, 6.45) is 6.71. The van der Waals surface area contributed by atoms with Gasteiger partial charge in [0.15, 0.2) is 5.65 Å². The van der Waals surface area contributed by atoms with E-state index in [0.29, 0.717) is 47.1 Å². The molecule has 0 bridgehead atoms. The lowest BCUT2D eigenvalue weighted by Crippen LogP contribution is -2.63. The summed E-state index contributed by atoms with van der Waals surface area (Å²) in [5, 5.41) is 2.70. The molecular formula is C33H32ClFN6O2. The summed E-state index contributed by atoms with van der Waals surface area (Å²) < 4.78 is 22.4. The van der Waals surface area contributed by atoms with Crippen LogP contribution in [0.2, 0.25) is 5.02 Å². The molecule has 4 aliphatic heterocycles. The number of pyridine rings is 1. The number of carbonyl (C=O) groups excluding carboxylic acids is 1. The van der Waals surface area contributed by atoms with Gasteiger partial charge in [-0.05, 0) is 68.8 Å². The number of halogens is 2.